The number of hydrogen-bond donors (Lipinski definition) is 0. The van der Waals surface area contributed by atoms with E-state index >= 15 is 0 Å². The minimum atomic E-state index is -0.470. The summed E-state index contributed by atoms with van der Waals surface area (Å²) in [6, 6.07) is 11.1. The number of likely N-dealkylation sites (N-methyl/N-ethyl adjacent to an activating group) is 1. The van der Waals surface area contributed by atoms with Crippen molar-refractivity contribution in [2.24, 2.45) is 0 Å². The van der Waals surface area contributed by atoms with E-state index < -0.39 is 6.09 Å². The smallest absolute Gasteiger partial charge is 0.419 e. The number of fused-ring (bicyclic) bond motifs is 1. The summed E-state index contributed by atoms with van der Waals surface area (Å²) in [6.07, 6.45) is 7.17. The lowest BCUT2D eigenvalue weighted by Gasteiger charge is -2.29. The first-order valence-electron chi connectivity index (χ1n) is 10.0. The maximum absolute atomic E-state index is 13.0. The Bertz CT molecular complexity index is 896. The fraction of sp³-hybridized carbons (Fsp3) is 0.292. The van der Waals surface area contributed by atoms with Gasteiger partial charge in [0.1, 0.15) is 23.9 Å². The van der Waals surface area contributed by atoms with Crippen LogP contribution in [0.2, 0.25) is 0 Å². The quantitative estimate of drug-likeness (QED) is 0.585. The van der Waals surface area contributed by atoms with Gasteiger partial charge in [-0.1, -0.05) is 18.2 Å². The van der Waals surface area contributed by atoms with Crippen LogP contribution in [0.1, 0.15) is 12.0 Å². The summed E-state index contributed by atoms with van der Waals surface area (Å²) < 4.78 is 24.3. The molecule has 1 amide bonds. The second-order valence-corrected chi connectivity index (χ2v) is 7.16. The van der Waals surface area contributed by atoms with Gasteiger partial charge in [-0.15, -0.1) is 6.58 Å². The number of ether oxygens (including phenoxy) is 2. The fourth-order valence-electron chi connectivity index (χ4n) is 3.27. The van der Waals surface area contributed by atoms with Crippen LogP contribution in [-0.2, 0) is 6.42 Å². The van der Waals surface area contributed by atoms with Gasteiger partial charge in [0, 0.05) is 19.6 Å². The summed E-state index contributed by atoms with van der Waals surface area (Å²) in [5.41, 5.74) is 1.87. The van der Waals surface area contributed by atoms with E-state index in [1.807, 2.05) is 37.4 Å². The standard InChI is InChI=1S/C24H27FN2O3/c1-3-14-26(2)15-4-5-17-29-22-12-13-23-19(18-22)7-6-16-27(23)24(28)30-21-10-8-20(25)9-11-21/h3-5,8-13,18H,1,6-7,14-17H2,2H3/b5-4+. The van der Waals surface area contributed by atoms with Gasteiger partial charge in [0.25, 0.3) is 0 Å². The van der Waals surface area contributed by atoms with Crippen molar-refractivity contribution >= 4 is 11.8 Å². The molecule has 0 aliphatic carbocycles. The Labute approximate surface area is 177 Å². The van der Waals surface area contributed by atoms with E-state index in [2.05, 4.69) is 17.6 Å². The summed E-state index contributed by atoms with van der Waals surface area (Å²) in [6.45, 7) is 6.47. The molecule has 2 aromatic carbocycles. The number of rotatable bonds is 8. The Kier molecular flexibility index (Phi) is 7.63. The van der Waals surface area contributed by atoms with Gasteiger partial charge < -0.3 is 9.47 Å². The lowest BCUT2D eigenvalue weighted by molar-refractivity contribution is 0.207. The number of benzene rings is 2. The fourth-order valence-corrected chi connectivity index (χ4v) is 3.27. The highest BCUT2D eigenvalue weighted by molar-refractivity contribution is 5.90. The third kappa shape index (κ3) is 5.94. The molecule has 0 N–H and O–H groups in total. The van der Waals surface area contributed by atoms with Crippen molar-refractivity contribution in [2.75, 3.05) is 38.2 Å². The van der Waals surface area contributed by atoms with Crippen molar-refractivity contribution < 1.29 is 18.7 Å². The van der Waals surface area contributed by atoms with Crippen molar-refractivity contribution in [1.82, 2.24) is 4.90 Å². The highest BCUT2D eigenvalue weighted by Crippen LogP contribution is 2.31. The molecule has 0 unspecified atom stereocenters. The van der Waals surface area contributed by atoms with Crippen LogP contribution in [0.3, 0.4) is 0 Å². The van der Waals surface area contributed by atoms with Crippen LogP contribution in [-0.4, -0.2) is 44.3 Å². The monoisotopic (exact) mass is 410 g/mol. The van der Waals surface area contributed by atoms with Gasteiger partial charge in [0.15, 0.2) is 0 Å². The van der Waals surface area contributed by atoms with Crippen LogP contribution in [0.5, 0.6) is 11.5 Å². The molecule has 0 fully saturated rings. The zero-order valence-electron chi connectivity index (χ0n) is 17.2. The molecule has 30 heavy (non-hydrogen) atoms. The van der Waals surface area contributed by atoms with Gasteiger partial charge in [-0.25, -0.2) is 9.18 Å². The topological polar surface area (TPSA) is 42.0 Å². The molecule has 1 aliphatic heterocycles. The molecule has 2 aromatic rings. The summed E-state index contributed by atoms with van der Waals surface area (Å²) >= 11 is 0. The van der Waals surface area contributed by atoms with E-state index in [1.165, 1.54) is 24.3 Å². The lowest BCUT2D eigenvalue weighted by atomic mass is 10.0. The molecule has 0 radical (unpaired) electrons. The number of nitrogens with zero attached hydrogens (tertiary/aromatic N) is 2. The van der Waals surface area contributed by atoms with Crippen LogP contribution in [0.25, 0.3) is 0 Å². The Morgan fingerprint density at radius 1 is 1.17 bits per heavy atom. The predicted molar refractivity (Wildman–Crippen MR) is 117 cm³/mol. The van der Waals surface area contributed by atoms with Crippen LogP contribution >= 0.6 is 0 Å². The highest BCUT2D eigenvalue weighted by atomic mass is 19.1. The summed E-state index contributed by atoms with van der Waals surface area (Å²) in [4.78, 5) is 16.4. The lowest BCUT2D eigenvalue weighted by Crippen LogP contribution is -2.37. The first-order valence-corrected chi connectivity index (χ1v) is 10.0. The van der Waals surface area contributed by atoms with Gasteiger partial charge in [-0.05, 0) is 67.9 Å². The molecular formula is C24H27FN2O3. The largest absolute Gasteiger partial charge is 0.490 e. The first kappa shape index (κ1) is 21.6. The van der Waals surface area contributed by atoms with Gasteiger partial charge in [0.05, 0.1) is 5.69 Å². The van der Waals surface area contributed by atoms with Crippen molar-refractivity contribution in [3.63, 3.8) is 0 Å². The molecule has 0 bridgehead atoms. The SMILES string of the molecule is C=CCN(C)C/C=C/COc1ccc2c(c1)CCCN2C(=O)Oc1ccc(F)cc1. The molecule has 0 aromatic heterocycles. The highest BCUT2D eigenvalue weighted by Gasteiger charge is 2.24. The molecule has 1 heterocycles. The minimum absolute atomic E-state index is 0.319. The molecule has 0 saturated carbocycles. The molecular weight excluding hydrogens is 383 g/mol. The third-order valence-electron chi connectivity index (χ3n) is 4.78. The number of anilines is 1. The molecule has 5 nitrogen and oxygen atoms in total. The molecule has 1 aliphatic rings. The zero-order valence-corrected chi connectivity index (χ0v) is 17.2. The van der Waals surface area contributed by atoms with Gasteiger partial charge in [-0.2, -0.15) is 0 Å². The van der Waals surface area contributed by atoms with Gasteiger partial charge >= 0.3 is 6.09 Å². The van der Waals surface area contributed by atoms with Gasteiger partial charge in [0.2, 0.25) is 0 Å². The van der Waals surface area contributed by atoms with E-state index in [4.69, 9.17) is 9.47 Å². The van der Waals surface area contributed by atoms with E-state index in [0.717, 1.165) is 42.9 Å². The van der Waals surface area contributed by atoms with E-state index in [0.29, 0.717) is 18.9 Å². The number of aryl methyl sites for hydroxylation is 1. The number of amides is 1. The molecule has 158 valence electrons. The summed E-state index contributed by atoms with van der Waals surface area (Å²) in [5, 5.41) is 0. The first-order chi connectivity index (χ1) is 14.6. The van der Waals surface area contributed by atoms with Crippen molar-refractivity contribution in [1.29, 1.82) is 0 Å². The second-order valence-electron chi connectivity index (χ2n) is 7.16. The average Bonchev–Trinajstić information content (AvgIpc) is 2.74. The van der Waals surface area contributed by atoms with Crippen LogP contribution < -0.4 is 14.4 Å². The predicted octanol–water partition coefficient (Wildman–Crippen LogP) is 4.83. The van der Waals surface area contributed by atoms with Crippen LogP contribution in [0.15, 0.2) is 67.3 Å². The number of hydrogen-bond acceptors (Lipinski definition) is 4. The number of halogens is 1. The molecule has 0 atom stereocenters. The molecule has 3 rings (SSSR count). The van der Waals surface area contributed by atoms with E-state index in [9.17, 15) is 9.18 Å². The minimum Gasteiger partial charge on any atom is -0.490 e. The van der Waals surface area contributed by atoms with Crippen LogP contribution in [0, 0.1) is 5.82 Å². The maximum atomic E-state index is 13.0. The van der Waals surface area contributed by atoms with Crippen molar-refractivity contribution in [3.05, 3.63) is 78.7 Å². The van der Waals surface area contributed by atoms with Gasteiger partial charge in [-0.3, -0.25) is 9.80 Å². The Balaban J connectivity index is 1.58. The molecule has 0 spiro atoms. The number of carbonyl (C=O) groups excluding carboxylic acids is 1. The third-order valence-corrected chi connectivity index (χ3v) is 4.78. The number of carbonyl (C=O) groups is 1. The molecule has 6 heteroatoms. The zero-order chi connectivity index (χ0) is 21.3. The van der Waals surface area contributed by atoms with Crippen molar-refractivity contribution in [3.8, 4) is 11.5 Å². The Morgan fingerprint density at radius 3 is 2.70 bits per heavy atom. The second kappa shape index (κ2) is 10.6. The Hall–Kier alpha value is -3.12. The van der Waals surface area contributed by atoms with E-state index in [1.54, 1.807) is 4.90 Å². The summed E-state index contributed by atoms with van der Waals surface area (Å²) in [5.74, 6) is 0.717. The van der Waals surface area contributed by atoms with Crippen molar-refractivity contribution in [2.45, 2.75) is 12.8 Å². The summed E-state index contributed by atoms with van der Waals surface area (Å²) in [7, 11) is 2.03. The normalized spacial score (nSPS) is 13.4. The van der Waals surface area contributed by atoms with E-state index in [-0.39, 0.29) is 5.82 Å². The average molecular weight is 410 g/mol. The Morgan fingerprint density at radius 2 is 1.93 bits per heavy atom. The maximum Gasteiger partial charge on any atom is 0.419 e. The van der Waals surface area contributed by atoms with Crippen LogP contribution in [0.4, 0.5) is 14.9 Å². The molecule has 0 saturated heterocycles.